The molecule has 0 aliphatic heterocycles. The summed E-state index contributed by atoms with van der Waals surface area (Å²) >= 11 is 1.57. The number of nitrogens with one attached hydrogen (secondary N) is 1. The first kappa shape index (κ1) is 20.1. The summed E-state index contributed by atoms with van der Waals surface area (Å²) in [5.41, 5.74) is 1.61. The van der Waals surface area contributed by atoms with Gasteiger partial charge >= 0.3 is 0 Å². The van der Waals surface area contributed by atoms with Crippen molar-refractivity contribution >= 4 is 11.3 Å². The molecule has 0 aliphatic carbocycles. The first-order chi connectivity index (χ1) is 13.7. The summed E-state index contributed by atoms with van der Waals surface area (Å²) in [5.74, 6) is 1.78. The van der Waals surface area contributed by atoms with Gasteiger partial charge in [-0.25, -0.2) is 9.37 Å². The summed E-state index contributed by atoms with van der Waals surface area (Å²) < 4.78 is 29.9. The number of nitrogens with zero attached hydrogens (tertiary/aromatic N) is 1. The lowest BCUT2D eigenvalue weighted by Gasteiger charge is -2.12. The molecule has 0 saturated heterocycles. The number of benzene rings is 2. The second kappa shape index (κ2) is 9.52. The number of ether oxygens (including phenoxy) is 3. The van der Waals surface area contributed by atoms with Crippen molar-refractivity contribution in [3.8, 4) is 27.7 Å². The molecule has 0 radical (unpaired) electrons. The topological polar surface area (TPSA) is 52.6 Å². The van der Waals surface area contributed by atoms with Gasteiger partial charge in [0.15, 0.2) is 11.5 Å². The molecule has 2 aromatic carbocycles. The van der Waals surface area contributed by atoms with Crippen LogP contribution in [0.5, 0.6) is 17.2 Å². The molecule has 0 unspecified atom stereocenters. The van der Waals surface area contributed by atoms with Gasteiger partial charge in [-0.05, 0) is 30.7 Å². The lowest BCUT2D eigenvalue weighted by Crippen LogP contribution is -2.16. The van der Waals surface area contributed by atoms with E-state index in [-0.39, 0.29) is 5.82 Å². The van der Waals surface area contributed by atoms with Crippen LogP contribution in [0.4, 0.5) is 4.39 Å². The number of aromatic nitrogens is 1. The molecule has 1 N–H and O–H groups in total. The molecule has 0 aliphatic rings. The first-order valence-corrected chi connectivity index (χ1v) is 9.67. The van der Waals surface area contributed by atoms with Gasteiger partial charge in [0.25, 0.3) is 0 Å². The van der Waals surface area contributed by atoms with Gasteiger partial charge in [0.1, 0.15) is 16.6 Å². The van der Waals surface area contributed by atoms with Crippen LogP contribution in [0.2, 0.25) is 0 Å². The molecule has 28 heavy (non-hydrogen) atoms. The van der Waals surface area contributed by atoms with Crippen LogP contribution in [-0.4, -0.2) is 32.9 Å². The molecule has 148 valence electrons. The van der Waals surface area contributed by atoms with Crippen molar-refractivity contribution < 1.29 is 18.6 Å². The number of hydrogen-bond donors (Lipinski definition) is 1. The molecule has 0 fully saturated rings. The molecule has 1 heterocycles. The van der Waals surface area contributed by atoms with E-state index in [1.807, 2.05) is 24.4 Å². The van der Waals surface area contributed by atoms with Gasteiger partial charge in [-0.1, -0.05) is 18.2 Å². The summed E-state index contributed by atoms with van der Waals surface area (Å²) in [6.45, 7) is 1.30. The SMILES string of the molecule is COc1cc(OC)c(-c2cnc(CNCCc3ccccc3F)s2)cc1OC. The average molecular weight is 402 g/mol. The van der Waals surface area contributed by atoms with Gasteiger partial charge in [0.2, 0.25) is 0 Å². The molecule has 0 saturated carbocycles. The highest BCUT2D eigenvalue weighted by atomic mass is 32.1. The van der Waals surface area contributed by atoms with Crippen molar-refractivity contribution in [2.45, 2.75) is 13.0 Å². The van der Waals surface area contributed by atoms with E-state index < -0.39 is 0 Å². The normalized spacial score (nSPS) is 10.7. The Morgan fingerprint density at radius 1 is 1.00 bits per heavy atom. The Labute approximate surface area is 168 Å². The highest BCUT2D eigenvalue weighted by molar-refractivity contribution is 7.15. The summed E-state index contributed by atoms with van der Waals surface area (Å²) in [6.07, 6.45) is 2.46. The van der Waals surface area contributed by atoms with Crippen LogP contribution in [0, 0.1) is 5.82 Å². The summed E-state index contributed by atoms with van der Waals surface area (Å²) in [6, 6.07) is 10.5. The van der Waals surface area contributed by atoms with Crippen LogP contribution >= 0.6 is 11.3 Å². The third-order valence-electron chi connectivity index (χ3n) is 4.33. The second-order valence-corrected chi connectivity index (χ2v) is 7.16. The quantitative estimate of drug-likeness (QED) is 0.541. The third kappa shape index (κ3) is 4.61. The van der Waals surface area contributed by atoms with Crippen LogP contribution in [0.15, 0.2) is 42.6 Å². The van der Waals surface area contributed by atoms with E-state index >= 15 is 0 Å². The number of hydrogen-bond acceptors (Lipinski definition) is 6. The van der Waals surface area contributed by atoms with Gasteiger partial charge in [-0.3, -0.25) is 0 Å². The molecule has 0 spiro atoms. The van der Waals surface area contributed by atoms with Gasteiger partial charge in [0, 0.05) is 24.4 Å². The minimum absolute atomic E-state index is 0.165. The maximum Gasteiger partial charge on any atom is 0.164 e. The predicted octanol–water partition coefficient (Wildman–Crippen LogP) is 4.31. The van der Waals surface area contributed by atoms with E-state index in [4.69, 9.17) is 14.2 Å². The maximum atomic E-state index is 13.6. The van der Waals surface area contributed by atoms with Crippen LogP contribution in [-0.2, 0) is 13.0 Å². The first-order valence-electron chi connectivity index (χ1n) is 8.85. The Kier molecular flexibility index (Phi) is 6.84. The summed E-state index contributed by atoms with van der Waals surface area (Å²) in [4.78, 5) is 5.46. The van der Waals surface area contributed by atoms with Crippen molar-refractivity contribution in [2.75, 3.05) is 27.9 Å². The molecular formula is C21H23FN2O3S. The Balaban J connectivity index is 1.66. The minimum Gasteiger partial charge on any atom is -0.496 e. The van der Waals surface area contributed by atoms with Gasteiger partial charge in [-0.15, -0.1) is 11.3 Å². The van der Waals surface area contributed by atoms with Gasteiger partial charge in [0.05, 0.1) is 26.2 Å². The highest BCUT2D eigenvalue weighted by Gasteiger charge is 2.15. The largest absolute Gasteiger partial charge is 0.496 e. The summed E-state index contributed by atoms with van der Waals surface area (Å²) in [7, 11) is 4.82. The van der Waals surface area contributed by atoms with Crippen molar-refractivity contribution in [1.29, 1.82) is 0 Å². The van der Waals surface area contributed by atoms with E-state index in [9.17, 15) is 4.39 Å². The Morgan fingerprint density at radius 3 is 2.43 bits per heavy atom. The fourth-order valence-corrected chi connectivity index (χ4v) is 3.77. The fraction of sp³-hybridized carbons (Fsp3) is 0.286. The zero-order valence-corrected chi connectivity index (χ0v) is 16.9. The second-order valence-electron chi connectivity index (χ2n) is 6.04. The average Bonchev–Trinajstić information content (AvgIpc) is 3.20. The molecule has 0 atom stereocenters. The number of halogens is 1. The molecule has 5 nitrogen and oxygen atoms in total. The smallest absolute Gasteiger partial charge is 0.164 e. The highest BCUT2D eigenvalue weighted by Crippen LogP contribution is 2.41. The molecule has 1 aromatic heterocycles. The lowest BCUT2D eigenvalue weighted by atomic mass is 10.1. The predicted molar refractivity (Wildman–Crippen MR) is 109 cm³/mol. The Bertz CT molecular complexity index is 930. The number of thiazole rings is 1. The van der Waals surface area contributed by atoms with Gasteiger partial charge < -0.3 is 19.5 Å². The van der Waals surface area contributed by atoms with E-state index in [2.05, 4.69) is 10.3 Å². The van der Waals surface area contributed by atoms with Crippen LogP contribution in [0.25, 0.3) is 10.4 Å². The summed E-state index contributed by atoms with van der Waals surface area (Å²) in [5, 5.41) is 4.26. The van der Waals surface area contributed by atoms with Crippen LogP contribution in [0.1, 0.15) is 10.6 Å². The van der Waals surface area contributed by atoms with E-state index in [0.717, 1.165) is 15.4 Å². The molecule has 0 bridgehead atoms. The van der Waals surface area contributed by atoms with Gasteiger partial charge in [-0.2, -0.15) is 0 Å². The van der Waals surface area contributed by atoms with E-state index in [1.165, 1.54) is 6.07 Å². The van der Waals surface area contributed by atoms with E-state index in [1.54, 1.807) is 44.8 Å². The van der Waals surface area contributed by atoms with Crippen LogP contribution in [0.3, 0.4) is 0 Å². The van der Waals surface area contributed by atoms with Crippen molar-refractivity contribution in [2.24, 2.45) is 0 Å². The third-order valence-corrected chi connectivity index (χ3v) is 5.36. The molecule has 3 aromatic rings. The lowest BCUT2D eigenvalue weighted by molar-refractivity contribution is 0.349. The molecule has 0 amide bonds. The zero-order valence-electron chi connectivity index (χ0n) is 16.1. The minimum atomic E-state index is -0.165. The molecular weight excluding hydrogens is 379 g/mol. The van der Waals surface area contributed by atoms with Crippen molar-refractivity contribution in [3.05, 3.63) is 59.0 Å². The van der Waals surface area contributed by atoms with Crippen molar-refractivity contribution in [3.63, 3.8) is 0 Å². The standard InChI is InChI=1S/C21H23FN2O3S/c1-25-17-11-19(27-3)18(26-2)10-15(17)20-12-24-21(28-20)13-23-9-8-14-6-4-5-7-16(14)22/h4-7,10-12,23H,8-9,13H2,1-3H3. The zero-order chi connectivity index (χ0) is 19.9. The van der Waals surface area contributed by atoms with Crippen LogP contribution < -0.4 is 19.5 Å². The van der Waals surface area contributed by atoms with Crippen molar-refractivity contribution in [1.82, 2.24) is 10.3 Å². The Morgan fingerprint density at radius 2 is 1.71 bits per heavy atom. The molecule has 3 rings (SSSR count). The maximum absolute atomic E-state index is 13.6. The molecule has 7 heteroatoms. The van der Waals surface area contributed by atoms with E-state index in [0.29, 0.717) is 42.3 Å². The number of methoxy groups -OCH3 is 3. The monoisotopic (exact) mass is 402 g/mol. The fourth-order valence-electron chi connectivity index (χ4n) is 2.86. The Hall–Kier alpha value is -2.64. The number of rotatable bonds is 9.